The molecule has 0 unspecified atom stereocenters. The minimum Gasteiger partial charge on any atom is -0.337 e. The number of nitrogens with one attached hydrogen (secondary N) is 1. The van der Waals surface area contributed by atoms with E-state index in [2.05, 4.69) is 10.5 Å². The second-order valence-electron chi connectivity index (χ2n) is 6.04. The van der Waals surface area contributed by atoms with E-state index in [9.17, 15) is 14.4 Å². The van der Waals surface area contributed by atoms with Crippen LogP contribution in [-0.2, 0) is 9.59 Å². The number of benzene rings is 1. The third-order valence-corrected chi connectivity index (χ3v) is 4.53. The monoisotopic (exact) mass is 362 g/mol. The van der Waals surface area contributed by atoms with Crippen molar-refractivity contribution in [2.75, 3.05) is 26.2 Å². The van der Waals surface area contributed by atoms with Crippen molar-refractivity contribution in [1.82, 2.24) is 15.2 Å². The summed E-state index contributed by atoms with van der Waals surface area (Å²) in [6.07, 6.45) is 1.32. The van der Waals surface area contributed by atoms with Gasteiger partial charge < -0.3 is 9.80 Å². The fraction of sp³-hybridized carbons (Fsp3) is 0.412. The summed E-state index contributed by atoms with van der Waals surface area (Å²) in [5.74, 6) is -0.429. The van der Waals surface area contributed by atoms with E-state index >= 15 is 0 Å². The Kier molecular flexibility index (Phi) is 5.33. The van der Waals surface area contributed by atoms with E-state index in [-0.39, 0.29) is 24.1 Å². The summed E-state index contributed by atoms with van der Waals surface area (Å²) in [5, 5.41) is 4.38. The molecule has 0 bridgehead atoms. The van der Waals surface area contributed by atoms with Crippen molar-refractivity contribution in [3.8, 4) is 0 Å². The highest BCUT2D eigenvalue weighted by molar-refractivity contribution is 6.39. The van der Waals surface area contributed by atoms with Gasteiger partial charge in [0, 0.05) is 49.6 Å². The van der Waals surface area contributed by atoms with Gasteiger partial charge in [-0.25, -0.2) is 5.43 Å². The lowest BCUT2D eigenvalue weighted by Crippen LogP contribution is -2.42. The van der Waals surface area contributed by atoms with E-state index in [1.807, 2.05) is 0 Å². The average molecular weight is 363 g/mol. The van der Waals surface area contributed by atoms with Gasteiger partial charge in [0.2, 0.25) is 5.91 Å². The summed E-state index contributed by atoms with van der Waals surface area (Å²) in [6, 6.07) is 6.86. The molecule has 0 atom stereocenters. The van der Waals surface area contributed by atoms with Gasteiger partial charge in [-0.05, 0) is 24.6 Å². The summed E-state index contributed by atoms with van der Waals surface area (Å²) in [6.45, 7) is 2.04. The second-order valence-corrected chi connectivity index (χ2v) is 6.48. The predicted molar refractivity (Wildman–Crippen MR) is 93.4 cm³/mol. The van der Waals surface area contributed by atoms with Crippen LogP contribution in [0.2, 0.25) is 5.02 Å². The largest absolute Gasteiger partial charge is 0.337 e. The first-order valence-corrected chi connectivity index (χ1v) is 8.62. The van der Waals surface area contributed by atoms with Gasteiger partial charge in [0.05, 0.1) is 0 Å². The Labute approximate surface area is 150 Å². The third-order valence-electron chi connectivity index (χ3n) is 4.29. The van der Waals surface area contributed by atoms with Crippen LogP contribution in [0.4, 0.5) is 0 Å². The Morgan fingerprint density at radius 3 is 2.40 bits per heavy atom. The zero-order chi connectivity index (χ0) is 17.8. The van der Waals surface area contributed by atoms with E-state index in [1.54, 1.807) is 34.1 Å². The van der Waals surface area contributed by atoms with Crippen LogP contribution < -0.4 is 5.43 Å². The van der Waals surface area contributed by atoms with E-state index < -0.39 is 0 Å². The Hall–Kier alpha value is -2.41. The molecule has 132 valence electrons. The van der Waals surface area contributed by atoms with Crippen molar-refractivity contribution in [3.63, 3.8) is 0 Å². The molecule has 2 aliphatic heterocycles. The first-order valence-electron chi connectivity index (χ1n) is 8.24. The Morgan fingerprint density at radius 1 is 1.04 bits per heavy atom. The molecule has 3 amide bonds. The zero-order valence-corrected chi connectivity index (χ0v) is 14.5. The fourth-order valence-electron chi connectivity index (χ4n) is 2.94. The number of carbonyl (C=O) groups excluding carboxylic acids is 3. The molecule has 1 fully saturated rings. The second kappa shape index (κ2) is 7.65. The first-order chi connectivity index (χ1) is 12.0. The molecule has 1 aromatic carbocycles. The summed E-state index contributed by atoms with van der Waals surface area (Å²) < 4.78 is 0. The lowest BCUT2D eigenvalue weighted by molar-refractivity contribution is -0.124. The number of halogens is 1. The van der Waals surface area contributed by atoms with Crippen molar-refractivity contribution < 1.29 is 14.4 Å². The molecule has 8 heteroatoms. The molecule has 1 N–H and O–H groups in total. The summed E-state index contributed by atoms with van der Waals surface area (Å²) in [7, 11) is 0. The molecular formula is C17H19ClN4O3. The molecule has 3 rings (SSSR count). The molecule has 1 aromatic rings. The molecule has 0 aromatic heterocycles. The smallest absolute Gasteiger partial charge is 0.270 e. The number of hydrogen-bond acceptors (Lipinski definition) is 4. The molecular weight excluding hydrogens is 344 g/mol. The standard InChI is InChI=1S/C17H19ClN4O3/c18-13-4-1-3-12(11-13)16(24)21-7-2-8-22(10-9-21)17(25)14-5-6-15(23)20-19-14/h1,3-4,11H,2,5-10H2,(H,20,23). The van der Waals surface area contributed by atoms with Crippen LogP contribution in [0.3, 0.4) is 0 Å². The van der Waals surface area contributed by atoms with Gasteiger partial charge >= 0.3 is 0 Å². The summed E-state index contributed by atoms with van der Waals surface area (Å²) in [5.41, 5.74) is 3.26. The van der Waals surface area contributed by atoms with Gasteiger partial charge in [-0.3, -0.25) is 14.4 Å². The van der Waals surface area contributed by atoms with Gasteiger partial charge in [0.1, 0.15) is 5.71 Å². The predicted octanol–water partition coefficient (Wildman–Crippen LogP) is 1.28. The maximum Gasteiger partial charge on any atom is 0.270 e. The van der Waals surface area contributed by atoms with Gasteiger partial charge in [-0.15, -0.1) is 0 Å². The summed E-state index contributed by atoms with van der Waals surface area (Å²) in [4.78, 5) is 39.7. The van der Waals surface area contributed by atoms with Crippen molar-refractivity contribution in [2.24, 2.45) is 5.10 Å². The molecule has 0 aliphatic carbocycles. The van der Waals surface area contributed by atoms with Crippen LogP contribution in [0.25, 0.3) is 0 Å². The van der Waals surface area contributed by atoms with Crippen LogP contribution in [0.5, 0.6) is 0 Å². The van der Waals surface area contributed by atoms with Crippen molar-refractivity contribution >= 4 is 35.0 Å². The quantitative estimate of drug-likeness (QED) is 0.860. The van der Waals surface area contributed by atoms with Gasteiger partial charge in [0.25, 0.3) is 11.8 Å². The molecule has 7 nitrogen and oxygen atoms in total. The molecule has 0 saturated carbocycles. The number of nitrogens with zero attached hydrogens (tertiary/aromatic N) is 3. The Balaban J connectivity index is 1.63. The molecule has 0 spiro atoms. The van der Waals surface area contributed by atoms with Crippen molar-refractivity contribution in [1.29, 1.82) is 0 Å². The normalized spacial score (nSPS) is 18.3. The lowest BCUT2D eigenvalue weighted by Gasteiger charge is -2.23. The maximum atomic E-state index is 12.6. The minimum absolute atomic E-state index is 0.0842. The molecule has 25 heavy (non-hydrogen) atoms. The maximum absolute atomic E-state index is 12.6. The number of carbonyl (C=O) groups is 3. The molecule has 2 aliphatic rings. The SMILES string of the molecule is O=C1CCC(C(=O)N2CCCN(C(=O)c3cccc(Cl)c3)CC2)=NN1. The highest BCUT2D eigenvalue weighted by atomic mass is 35.5. The van der Waals surface area contributed by atoms with Crippen LogP contribution in [-0.4, -0.2) is 59.4 Å². The zero-order valence-electron chi connectivity index (χ0n) is 13.7. The van der Waals surface area contributed by atoms with Crippen LogP contribution in [0.1, 0.15) is 29.6 Å². The van der Waals surface area contributed by atoms with E-state index in [0.717, 1.165) is 0 Å². The highest BCUT2D eigenvalue weighted by Crippen LogP contribution is 2.15. The Morgan fingerprint density at radius 2 is 1.76 bits per heavy atom. The van der Waals surface area contributed by atoms with Crippen LogP contribution >= 0.6 is 11.6 Å². The fourth-order valence-corrected chi connectivity index (χ4v) is 3.13. The van der Waals surface area contributed by atoms with E-state index in [0.29, 0.717) is 55.3 Å². The number of rotatable bonds is 2. The van der Waals surface area contributed by atoms with E-state index in [4.69, 9.17) is 11.6 Å². The van der Waals surface area contributed by atoms with Crippen molar-refractivity contribution in [3.05, 3.63) is 34.9 Å². The van der Waals surface area contributed by atoms with Gasteiger partial charge in [-0.1, -0.05) is 17.7 Å². The lowest BCUT2D eigenvalue weighted by atomic mass is 10.1. The van der Waals surface area contributed by atoms with Gasteiger partial charge in [-0.2, -0.15) is 5.10 Å². The third kappa shape index (κ3) is 4.17. The number of amides is 3. The molecule has 0 radical (unpaired) electrons. The molecule has 1 saturated heterocycles. The summed E-state index contributed by atoms with van der Waals surface area (Å²) >= 11 is 5.95. The Bertz CT molecular complexity index is 734. The molecule has 2 heterocycles. The van der Waals surface area contributed by atoms with E-state index in [1.165, 1.54) is 0 Å². The highest BCUT2D eigenvalue weighted by Gasteiger charge is 2.27. The number of hydrazone groups is 1. The van der Waals surface area contributed by atoms with Crippen LogP contribution in [0.15, 0.2) is 29.4 Å². The van der Waals surface area contributed by atoms with Crippen molar-refractivity contribution in [2.45, 2.75) is 19.3 Å². The number of hydrogen-bond donors (Lipinski definition) is 1. The first kappa shape index (κ1) is 17.4. The topological polar surface area (TPSA) is 82.1 Å². The van der Waals surface area contributed by atoms with Crippen LogP contribution in [0, 0.1) is 0 Å². The van der Waals surface area contributed by atoms with Gasteiger partial charge in [0.15, 0.2) is 0 Å². The minimum atomic E-state index is -0.175. The average Bonchev–Trinajstić information content (AvgIpc) is 2.87.